The summed E-state index contributed by atoms with van der Waals surface area (Å²) in [5.41, 5.74) is 0.430. The maximum atomic E-state index is 9.39. The summed E-state index contributed by atoms with van der Waals surface area (Å²) in [7, 11) is 1.50. The summed E-state index contributed by atoms with van der Waals surface area (Å²) >= 11 is 3.27. The summed E-state index contributed by atoms with van der Waals surface area (Å²) in [6.45, 7) is 0.308. The SMILES string of the molecule is COCC(O)COc1ccc(Br)cc1C#N. The van der Waals surface area contributed by atoms with Crippen molar-refractivity contribution >= 4 is 15.9 Å². The van der Waals surface area contributed by atoms with Crippen LogP contribution in [-0.4, -0.2) is 31.5 Å². The normalized spacial score (nSPS) is 11.9. The fourth-order valence-electron chi connectivity index (χ4n) is 1.14. The number of aliphatic hydroxyl groups is 1. The van der Waals surface area contributed by atoms with Crippen LogP contribution in [-0.2, 0) is 4.74 Å². The highest BCUT2D eigenvalue weighted by molar-refractivity contribution is 9.10. The first-order chi connectivity index (χ1) is 7.67. The molecule has 0 spiro atoms. The first kappa shape index (κ1) is 13.0. The predicted octanol–water partition coefficient (Wildman–Crippen LogP) is 1.71. The Morgan fingerprint density at radius 3 is 2.88 bits per heavy atom. The molecule has 1 N–H and O–H groups in total. The molecule has 1 aromatic carbocycles. The van der Waals surface area contributed by atoms with Crippen molar-refractivity contribution in [1.82, 2.24) is 0 Å². The molecular weight excluding hydrogens is 274 g/mol. The van der Waals surface area contributed by atoms with Crippen LogP contribution in [0, 0.1) is 11.3 Å². The summed E-state index contributed by atoms with van der Waals surface area (Å²) in [5, 5.41) is 18.3. The summed E-state index contributed by atoms with van der Waals surface area (Å²) in [6, 6.07) is 7.15. The molecule has 0 amide bonds. The second-order valence-corrected chi connectivity index (χ2v) is 4.09. The second kappa shape index (κ2) is 6.48. The van der Waals surface area contributed by atoms with E-state index in [0.29, 0.717) is 11.3 Å². The van der Waals surface area contributed by atoms with Gasteiger partial charge >= 0.3 is 0 Å². The Labute approximate surface area is 103 Å². The number of hydrogen-bond acceptors (Lipinski definition) is 4. The zero-order chi connectivity index (χ0) is 12.0. The van der Waals surface area contributed by atoms with E-state index in [1.54, 1.807) is 18.2 Å². The number of nitriles is 1. The van der Waals surface area contributed by atoms with Crippen molar-refractivity contribution < 1.29 is 14.6 Å². The molecule has 1 unspecified atom stereocenters. The Morgan fingerprint density at radius 1 is 1.50 bits per heavy atom. The fraction of sp³-hybridized carbons (Fsp3) is 0.364. The first-order valence-electron chi connectivity index (χ1n) is 4.67. The molecule has 16 heavy (non-hydrogen) atoms. The lowest BCUT2D eigenvalue weighted by atomic mass is 10.2. The topological polar surface area (TPSA) is 62.5 Å². The average molecular weight is 286 g/mol. The van der Waals surface area contributed by atoms with Gasteiger partial charge in [-0.1, -0.05) is 15.9 Å². The van der Waals surface area contributed by atoms with Crippen molar-refractivity contribution in [3.05, 3.63) is 28.2 Å². The van der Waals surface area contributed by atoms with Crippen molar-refractivity contribution in [3.8, 4) is 11.8 Å². The van der Waals surface area contributed by atoms with Gasteiger partial charge in [-0.3, -0.25) is 0 Å². The number of nitrogens with zero attached hydrogens (tertiary/aromatic N) is 1. The molecule has 0 aliphatic heterocycles. The van der Waals surface area contributed by atoms with E-state index in [2.05, 4.69) is 15.9 Å². The minimum atomic E-state index is -0.694. The Bertz CT molecular complexity index is 389. The number of hydrogen-bond donors (Lipinski definition) is 1. The summed E-state index contributed by atoms with van der Waals surface area (Å²) in [6.07, 6.45) is -0.694. The zero-order valence-electron chi connectivity index (χ0n) is 8.81. The number of ether oxygens (including phenoxy) is 2. The summed E-state index contributed by atoms with van der Waals surface area (Å²) in [4.78, 5) is 0. The molecule has 0 bridgehead atoms. The predicted molar refractivity (Wildman–Crippen MR) is 62.2 cm³/mol. The smallest absolute Gasteiger partial charge is 0.137 e. The van der Waals surface area contributed by atoms with E-state index < -0.39 is 6.10 Å². The molecule has 0 heterocycles. The van der Waals surface area contributed by atoms with Crippen molar-refractivity contribution in [3.63, 3.8) is 0 Å². The third-order valence-corrected chi connectivity index (χ3v) is 2.35. The van der Waals surface area contributed by atoms with E-state index in [0.717, 1.165) is 4.47 Å². The molecule has 0 saturated carbocycles. The third-order valence-electron chi connectivity index (χ3n) is 1.85. The highest BCUT2D eigenvalue weighted by Crippen LogP contribution is 2.22. The van der Waals surface area contributed by atoms with Gasteiger partial charge in [-0.25, -0.2) is 0 Å². The molecule has 0 aromatic heterocycles. The third kappa shape index (κ3) is 3.81. The fourth-order valence-corrected chi connectivity index (χ4v) is 1.50. The number of rotatable bonds is 5. The van der Waals surface area contributed by atoms with Crippen molar-refractivity contribution in [2.24, 2.45) is 0 Å². The monoisotopic (exact) mass is 285 g/mol. The minimum Gasteiger partial charge on any atom is -0.489 e. The summed E-state index contributed by atoms with van der Waals surface area (Å²) in [5.74, 6) is 0.459. The Hall–Kier alpha value is -1.09. The standard InChI is InChI=1S/C11H12BrNO3/c1-15-6-10(14)7-16-11-3-2-9(12)4-8(11)5-13/h2-4,10,14H,6-7H2,1H3. The Morgan fingerprint density at radius 2 is 2.25 bits per heavy atom. The van der Waals surface area contributed by atoms with E-state index in [4.69, 9.17) is 14.7 Å². The van der Waals surface area contributed by atoms with Crippen LogP contribution in [0.5, 0.6) is 5.75 Å². The average Bonchev–Trinajstić information content (AvgIpc) is 2.27. The molecule has 0 aliphatic carbocycles. The van der Waals surface area contributed by atoms with E-state index in [9.17, 15) is 5.11 Å². The summed E-state index contributed by atoms with van der Waals surface area (Å²) < 4.78 is 10.9. The lowest BCUT2D eigenvalue weighted by molar-refractivity contribution is 0.0325. The van der Waals surface area contributed by atoms with E-state index >= 15 is 0 Å². The van der Waals surface area contributed by atoms with Gasteiger partial charge in [0.05, 0.1) is 12.2 Å². The van der Waals surface area contributed by atoms with Crippen LogP contribution >= 0.6 is 15.9 Å². The van der Waals surface area contributed by atoms with Gasteiger partial charge < -0.3 is 14.6 Å². The molecule has 0 saturated heterocycles. The minimum absolute atomic E-state index is 0.101. The molecule has 5 heteroatoms. The highest BCUT2D eigenvalue weighted by Gasteiger charge is 2.08. The van der Waals surface area contributed by atoms with Gasteiger partial charge in [0, 0.05) is 11.6 Å². The van der Waals surface area contributed by atoms with Crippen LogP contribution in [0.1, 0.15) is 5.56 Å². The molecule has 0 radical (unpaired) electrons. The largest absolute Gasteiger partial charge is 0.489 e. The molecule has 1 aromatic rings. The first-order valence-corrected chi connectivity index (χ1v) is 5.46. The molecule has 1 rings (SSSR count). The van der Waals surface area contributed by atoms with Gasteiger partial charge in [0.25, 0.3) is 0 Å². The Kier molecular flexibility index (Phi) is 5.26. The van der Waals surface area contributed by atoms with Crippen LogP contribution in [0.15, 0.2) is 22.7 Å². The lowest BCUT2D eigenvalue weighted by Gasteiger charge is -2.12. The molecule has 86 valence electrons. The van der Waals surface area contributed by atoms with Gasteiger partial charge in [0.2, 0.25) is 0 Å². The van der Waals surface area contributed by atoms with Crippen LogP contribution in [0.25, 0.3) is 0 Å². The lowest BCUT2D eigenvalue weighted by Crippen LogP contribution is -2.22. The molecular formula is C11H12BrNO3. The van der Waals surface area contributed by atoms with Gasteiger partial charge in [-0.05, 0) is 18.2 Å². The molecule has 4 nitrogen and oxygen atoms in total. The number of methoxy groups -OCH3 is 1. The van der Waals surface area contributed by atoms with Crippen molar-refractivity contribution in [2.75, 3.05) is 20.3 Å². The maximum Gasteiger partial charge on any atom is 0.137 e. The van der Waals surface area contributed by atoms with E-state index in [1.807, 2.05) is 6.07 Å². The molecule has 0 fully saturated rings. The molecule has 1 atom stereocenters. The van der Waals surface area contributed by atoms with Crippen LogP contribution in [0.2, 0.25) is 0 Å². The quantitative estimate of drug-likeness (QED) is 0.895. The second-order valence-electron chi connectivity index (χ2n) is 3.17. The number of benzene rings is 1. The van der Waals surface area contributed by atoms with Crippen LogP contribution < -0.4 is 4.74 Å². The maximum absolute atomic E-state index is 9.39. The Balaban J connectivity index is 2.64. The van der Waals surface area contributed by atoms with Crippen LogP contribution in [0.4, 0.5) is 0 Å². The van der Waals surface area contributed by atoms with Gasteiger partial charge in [0.1, 0.15) is 24.5 Å². The zero-order valence-corrected chi connectivity index (χ0v) is 10.4. The number of halogens is 1. The van der Waals surface area contributed by atoms with Crippen molar-refractivity contribution in [1.29, 1.82) is 5.26 Å². The van der Waals surface area contributed by atoms with E-state index in [1.165, 1.54) is 7.11 Å². The molecule has 0 aliphatic rings. The van der Waals surface area contributed by atoms with Crippen LogP contribution in [0.3, 0.4) is 0 Å². The van der Waals surface area contributed by atoms with Gasteiger partial charge in [-0.15, -0.1) is 0 Å². The van der Waals surface area contributed by atoms with Crippen molar-refractivity contribution in [2.45, 2.75) is 6.10 Å². The van der Waals surface area contributed by atoms with Gasteiger partial charge in [-0.2, -0.15) is 5.26 Å². The highest BCUT2D eigenvalue weighted by atomic mass is 79.9. The number of aliphatic hydroxyl groups excluding tert-OH is 1. The van der Waals surface area contributed by atoms with Gasteiger partial charge in [0.15, 0.2) is 0 Å². The van der Waals surface area contributed by atoms with E-state index in [-0.39, 0.29) is 13.2 Å².